The van der Waals surface area contributed by atoms with E-state index < -0.39 is 0 Å². The molecule has 1 aliphatic rings. The number of hydrogen-bond donors (Lipinski definition) is 1. The zero-order valence-corrected chi connectivity index (χ0v) is 14.9. The van der Waals surface area contributed by atoms with Gasteiger partial charge in [0.15, 0.2) is 5.82 Å². The number of aromatic nitrogens is 3. The van der Waals surface area contributed by atoms with E-state index in [1.165, 1.54) is 5.56 Å². The Bertz CT molecular complexity index is 686. The SMILES string of the molecule is C[C@@H](NC(=O)N1CCCN(Cc2ccccc2)CC1)c1nncn1C. The lowest BCUT2D eigenvalue weighted by atomic mass is 10.2. The predicted octanol–water partition coefficient (Wildman–Crippen LogP) is 1.79. The third kappa shape index (κ3) is 4.57. The summed E-state index contributed by atoms with van der Waals surface area (Å²) in [5, 5.41) is 11.0. The van der Waals surface area contributed by atoms with Crippen LogP contribution in [0.15, 0.2) is 36.7 Å². The summed E-state index contributed by atoms with van der Waals surface area (Å²) < 4.78 is 1.83. The van der Waals surface area contributed by atoms with Crippen LogP contribution in [0, 0.1) is 0 Å². The van der Waals surface area contributed by atoms with E-state index >= 15 is 0 Å². The molecular formula is C18H26N6O. The van der Waals surface area contributed by atoms with Gasteiger partial charge in [-0.25, -0.2) is 4.79 Å². The highest BCUT2D eigenvalue weighted by molar-refractivity contribution is 5.74. The Morgan fingerprint density at radius 3 is 2.72 bits per heavy atom. The van der Waals surface area contributed by atoms with E-state index in [9.17, 15) is 4.79 Å². The van der Waals surface area contributed by atoms with Gasteiger partial charge in [0.05, 0.1) is 6.04 Å². The number of aryl methyl sites for hydroxylation is 1. The summed E-state index contributed by atoms with van der Waals surface area (Å²) in [5.74, 6) is 0.758. The molecule has 3 rings (SSSR count). The van der Waals surface area contributed by atoms with Crippen molar-refractivity contribution in [1.29, 1.82) is 0 Å². The number of carbonyl (C=O) groups excluding carboxylic acids is 1. The Labute approximate surface area is 148 Å². The minimum absolute atomic E-state index is 0.0305. The van der Waals surface area contributed by atoms with Crippen LogP contribution in [0.3, 0.4) is 0 Å². The highest BCUT2D eigenvalue weighted by atomic mass is 16.2. The maximum Gasteiger partial charge on any atom is 0.318 e. The first-order chi connectivity index (χ1) is 12.1. The van der Waals surface area contributed by atoms with E-state index in [0.717, 1.165) is 45.0 Å². The topological polar surface area (TPSA) is 66.3 Å². The number of urea groups is 1. The molecule has 0 spiro atoms. The molecule has 1 aromatic heterocycles. The maximum absolute atomic E-state index is 12.6. The van der Waals surface area contributed by atoms with Gasteiger partial charge in [0.1, 0.15) is 6.33 Å². The smallest absolute Gasteiger partial charge is 0.318 e. The number of nitrogens with zero attached hydrogens (tertiary/aromatic N) is 5. The standard InChI is InChI=1S/C18H26N6O/c1-15(17-21-19-14-22(17)2)20-18(25)24-10-6-9-23(11-12-24)13-16-7-4-3-5-8-16/h3-5,7-8,14-15H,6,9-13H2,1-2H3,(H,20,25)/t15-/m1/s1. The molecule has 0 radical (unpaired) electrons. The van der Waals surface area contributed by atoms with Crippen LogP contribution in [0.25, 0.3) is 0 Å². The van der Waals surface area contributed by atoms with E-state index in [-0.39, 0.29) is 12.1 Å². The van der Waals surface area contributed by atoms with Crippen LogP contribution >= 0.6 is 0 Å². The van der Waals surface area contributed by atoms with Gasteiger partial charge in [0, 0.05) is 39.8 Å². The van der Waals surface area contributed by atoms with Crippen molar-refractivity contribution in [2.45, 2.75) is 25.9 Å². The lowest BCUT2D eigenvalue weighted by Crippen LogP contribution is -2.43. The number of hydrogen-bond acceptors (Lipinski definition) is 4. The van der Waals surface area contributed by atoms with E-state index in [4.69, 9.17) is 0 Å². The molecule has 134 valence electrons. The molecule has 1 saturated heterocycles. The molecule has 2 aromatic rings. The van der Waals surface area contributed by atoms with Gasteiger partial charge in [0.25, 0.3) is 0 Å². The van der Waals surface area contributed by atoms with Gasteiger partial charge < -0.3 is 14.8 Å². The zero-order chi connectivity index (χ0) is 17.6. The fraction of sp³-hybridized carbons (Fsp3) is 0.500. The molecule has 25 heavy (non-hydrogen) atoms. The number of rotatable bonds is 4. The molecular weight excluding hydrogens is 316 g/mol. The van der Waals surface area contributed by atoms with Gasteiger partial charge in [-0.3, -0.25) is 4.90 Å². The van der Waals surface area contributed by atoms with Crippen molar-refractivity contribution >= 4 is 6.03 Å². The highest BCUT2D eigenvalue weighted by Crippen LogP contribution is 2.11. The van der Waals surface area contributed by atoms with Crippen molar-refractivity contribution in [2.24, 2.45) is 7.05 Å². The first-order valence-electron chi connectivity index (χ1n) is 8.79. The highest BCUT2D eigenvalue weighted by Gasteiger charge is 2.22. The molecule has 7 heteroatoms. The van der Waals surface area contributed by atoms with Gasteiger partial charge in [0.2, 0.25) is 0 Å². The molecule has 2 amide bonds. The van der Waals surface area contributed by atoms with Crippen LogP contribution in [0.5, 0.6) is 0 Å². The number of carbonyl (C=O) groups is 1. The molecule has 0 unspecified atom stereocenters. The van der Waals surface area contributed by atoms with E-state index in [1.807, 2.05) is 29.5 Å². The van der Waals surface area contributed by atoms with E-state index in [0.29, 0.717) is 0 Å². The van der Waals surface area contributed by atoms with Crippen molar-refractivity contribution in [3.05, 3.63) is 48.0 Å². The monoisotopic (exact) mass is 342 g/mol. The van der Waals surface area contributed by atoms with Crippen LogP contribution in [-0.2, 0) is 13.6 Å². The molecule has 2 heterocycles. The first-order valence-corrected chi connectivity index (χ1v) is 8.79. The number of amides is 2. The van der Waals surface area contributed by atoms with Crippen molar-refractivity contribution < 1.29 is 4.79 Å². The number of nitrogens with one attached hydrogen (secondary N) is 1. The van der Waals surface area contributed by atoms with E-state index in [2.05, 4.69) is 44.7 Å². The molecule has 1 aliphatic heterocycles. The Balaban J connectivity index is 1.52. The molecule has 1 fully saturated rings. The van der Waals surface area contributed by atoms with Crippen molar-refractivity contribution in [3.8, 4) is 0 Å². The third-order valence-electron chi connectivity index (χ3n) is 4.60. The normalized spacial score (nSPS) is 17.1. The van der Waals surface area contributed by atoms with Crippen molar-refractivity contribution in [2.75, 3.05) is 26.2 Å². The summed E-state index contributed by atoms with van der Waals surface area (Å²) in [6.07, 6.45) is 2.63. The maximum atomic E-state index is 12.6. The quantitative estimate of drug-likeness (QED) is 0.920. The summed E-state index contributed by atoms with van der Waals surface area (Å²) in [6.45, 7) is 6.29. The molecule has 1 aromatic carbocycles. The third-order valence-corrected chi connectivity index (χ3v) is 4.60. The largest absolute Gasteiger partial charge is 0.328 e. The van der Waals surface area contributed by atoms with Gasteiger partial charge in [-0.2, -0.15) is 0 Å². The predicted molar refractivity (Wildman–Crippen MR) is 95.9 cm³/mol. The fourth-order valence-corrected chi connectivity index (χ4v) is 3.20. The molecule has 7 nitrogen and oxygen atoms in total. The average Bonchev–Trinajstić information content (AvgIpc) is 2.90. The second-order valence-electron chi connectivity index (χ2n) is 6.57. The fourth-order valence-electron chi connectivity index (χ4n) is 3.20. The second kappa shape index (κ2) is 8.11. The molecule has 1 atom stereocenters. The van der Waals surface area contributed by atoms with Gasteiger partial charge >= 0.3 is 6.03 Å². The second-order valence-corrected chi connectivity index (χ2v) is 6.57. The minimum atomic E-state index is -0.163. The van der Waals surface area contributed by atoms with Crippen LogP contribution < -0.4 is 5.32 Å². The zero-order valence-electron chi connectivity index (χ0n) is 14.9. The summed E-state index contributed by atoms with van der Waals surface area (Å²) >= 11 is 0. The lowest BCUT2D eigenvalue weighted by Gasteiger charge is -2.24. The Hall–Kier alpha value is -2.41. The summed E-state index contributed by atoms with van der Waals surface area (Å²) in [5.41, 5.74) is 1.32. The summed E-state index contributed by atoms with van der Waals surface area (Å²) in [4.78, 5) is 16.9. The lowest BCUT2D eigenvalue weighted by molar-refractivity contribution is 0.194. The Kier molecular flexibility index (Phi) is 5.65. The van der Waals surface area contributed by atoms with Crippen LogP contribution in [0.1, 0.15) is 30.8 Å². The van der Waals surface area contributed by atoms with E-state index in [1.54, 1.807) is 6.33 Å². The first kappa shape index (κ1) is 17.4. The van der Waals surface area contributed by atoms with Gasteiger partial charge in [-0.05, 0) is 18.9 Å². The summed E-state index contributed by atoms with van der Waals surface area (Å²) in [7, 11) is 1.88. The molecule has 0 saturated carbocycles. The Morgan fingerprint density at radius 1 is 1.20 bits per heavy atom. The van der Waals surface area contributed by atoms with Gasteiger partial charge in [-0.1, -0.05) is 30.3 Å². The number of benzene rings is 1. The molecule has 1 N–H and O–H groups in total. The molecule has 0 aliphatic carbocycles. The Morgan fingerprint density at radius 2 is 2.00 bits per heavy atom. The summed E-state index contributed by atoms with van der Waals surface area (Å²) in [6, 6.07) is 10.3. The van der Waals surface area contributed by atoms with Crippen LogP contribution in [-0.4, -0.2) is 56.8 Å². The molecule has 0 bridgehead atoms. The van der Waals surface area contributed by atoms with Gasteiger partial charge in [-0.15, -0.1) is 10.2 Å². The van der Waals surface area contributed by atoms with Crippen LogP contribution in [0.4, 0.5) is 4.79 Å². The average molecular weight is 342 g/mol. The van der Waals surface area contributed by atoms with Crippen molar-refractivity contribution in [3.63, 3.8) is 0 Å². The van der Waals surface area contributed by atoms with Crippen LogP contribution in [0.2, 0.25) is 0 Å². The minimum Gasteiger partial charge on any atom is -0.328 e. The van der Waals surface area contributed by atoms with Crippen molar-refractivity contribution in [1.82, 2.24) is 29.9 Å².